The van der Waals surface area contributed by atoms with Crippen LogP contribution < -0.4 is 5.73 Å². The van der Waals surface area contributed by atoms with E-state index in [1.54, 1.807) is 0 Å². The predicted molar refractivity (Wildman–Crippen MR) is 88.5 cm³/mol. The van der Waals surface area contributed by atoms with Crippen molar-refractivity contribution in [2.45, 2.75) is 52.4 Å². The Labute approximate surface area is 129 Å². The first kappa shape index (κ1) is 16.1. The number of likely N-dealkylation sites (tertiary alicyclic amines) is 1. The summed E-state index contributed by atoms with van der Waals surface area (Å²) < 4.78 is 0. The van der Waals surface area contributed by atoms with E-state index in [1.807, 2.05) is 0 Å². The Balaban J connectivity index is 0.00000162. The first-order chi connectivity index (χ1) is 8.14. The molecule has 0 atom stereocenters. The van der Waals surface area contributed by atoms with Crippen molar-refractivity contribution in [3.63, 3.8) is 0 Å². The zero-order valence-electron chi connectivity index (χ0n) is 11.8. The number of halogens is 1. The summed E-state index contributed by atoms with van der Waals surface area (Å²) in [4.78, 5) is 6.95. The smallest absolute Gasteiger partial charge is 0.191 e. The van der Waals surface area contributed by atoms with Gasteiger partial charge in [-0.15, -0.1) is 24.0 Å². The number of guanidine groups is 1. The highest BCUT2D eigenvalue weighted by Crippen LogP contribution is 2.51. The monoisotopic (exact) mass is 365 g/mol. The molecule has 0 aromatic carbocycles. The summed E-state index contributed by atoms with van der Waals surface area (Å²) in [6.07, 6.45) is 7.90. The van der Waals surface area contributed by atoms with E-state index < -0.39 is 0 Å². The molecule has 0 unspecified atom stereocenters. The molecule has 0 amide bonds. The van der Waals surface area contributed by atoms with Crippen molar-refractivity contribution in [3.05, 3.63) is 0 Å². The van der Waals surface area contributed by atoms with Gasteiger partial charge in [0.05, 0.1) is 0 Å². The van der Waals surface area contributed by atoms with Gasteiger partial charge in [0.1, 0.15) is 0 Å². The molecular weight excluding hydrogens is 337 g/mol. The van der Waals surface area contributed by atoms with Gasteiger partial charge in [0.25, 0.3) is 0 Å². The van der Waals surface area contributed by atoms with Gasteiger partial charge in [-0.2, -0.15) is 0 Å². The number of aliphatic imine (C=N–C) groups is 1. The fourth-order valence-electron chi connectivity index (χ4n) is 2.72. The Morgan fingerprint density at radius 3 is 2.17 bits per heavy atom. The lowest BCUT2D eigenvalue weighted by atomic mass is 9.93. The highest BCUT2D eigenvalue weighted by Gasteiger charge is 2.45. The minimum absolute atomic E-state index is 0. The number of nitrogens with two attached hydrogens (primary N) is 1. The first-order valence-corrected chi connectivity index (χ1v) is 7.19. The molecule has 0 aromatic rings. The molecule has 2 aliphatic rings. The summed E-state index contributed by atoms with van der Waals surface area (Å²) in [6.45, 7) is 7.76. The molecule has 18 heavy (non-hydrogen) atoms. The van der Waals surface area contributed by atoms with Crippen LogP contribution in [0, 0.1) is 11.3 Å². The van der Waals surface area contributed by atoms with Gasteiger partial charge in [0.15, 0.2) is 5.96 Å². The molecule has 2 N–H and O–H groups in total. The molecule has 106 valence electrons. The van der Waals surface area contributed by atoms with Crippen LogP contribution in [0.25, 0.3) is 0 Å². The van der Waals surface area contributed by atoms with Gasteiger partial charge in [-0.3, -0.25) is 4.99 Å². The van der Waals surface area contributed by atoms with Crippen LogP contribution in [0.1, 0.15) is 52.4 Å². The molecule has 1 saturated heterocycles. The van der Waals surface area contributed by atoms with E-state index >= 15 is 0 Å². The van der Waals surface area contributed by atoms with E-state index in [9.17, 15) is 0 Å². The Morgan fingerprint density at radius 1 is 1.17 bits per heavy atom. The van der Waals surface area contributed by atoms with Gasteiger partial charge in [-0.05, 0) is 37.0 Å². The molecule has 1 heterocycles. The Hall–Kier alpha value is 0. The van der Waals surface area contributed by atoms with Gasteiger partial charge < -0.3 is 10.6 Å². The zero-order valence-corrected chi connectivity index (χ0v) is 14.2. The highest BCUT2D eigenvalue weighted by molar-refractivity contribution is 14.0. The third-order valence-electron chi connectivity index (χ3n) is 4.60. The van der Waals surface area contributed by atoms with Crippen LogP contribution >= 0.6 is 24.0 Å². The van der Waals surface area contributed by atoms with E-state index in [0.717, 1.165) is 31.5 Å². The molecule has 0 spiro atoms. The third kappa shape index (κ3) is 4.00. The Kier molecular flexibility index (Phi) is 6.21. The quantitative estimate of drug-likeness (QED) is 0.474. The number of hydrogen-bond acceptors (Lipinski definition) is 1. The lowest BCUT2D eigenvalue weighted by molar-refractivity contribution is 0.365. The number of hydrogen-bond donors (Lipinski definition) is 1. The van der Waals surface area contributed by atoms with Crippen LogP contribution in [0.2, 0.25) is 0 Å². The maximum Gasteiger partial charge on any atom is 0.191 e. The topological polar surface area (TPSA) is 41.6 Å². The van der Waals surface area contributed by atoms with Gasteiger partial charge in [-0.1, -0.05) is 26.7 Å². The third-order valence-corrected chi connectivity index (χ3v) is 4.60. The largest absolute Gasteiger partial charge is 0.370 e. The molecule has 3 nitrogen and oxygen atoms in total. The van der Waals surface area contributed by atoms with Crippen LogP contribution in [0.3, 0.4) is 0 Å². The van der Waals surface area contributed by atoms with E-state index in [4.69, 9.17) is 5.73 Å². The van der Waals surface area contributed by atoms with Crippen molar-refractivity contribution < 1.29 is 0 Å². The molecule has 0 radical (unpaired) electrons. The Morgan fingerprint density at radius 2 is 1.72 bits per heavy atom. The summed E-state index contributed by atoms with van der Waals surface area (Å²) in [5, 5.41) is 0. The fourth-order valence-corrected chi connectivity index (χ4v) is 2.72. The first-order valence-electron chi connectivity index (χ1n) is 7.19. The van der Waals surface area contributed by atoms with Crippen molar-refractivity contribution in [3.8, 4) is 0 Å². The molecule has 1 aliphatic heterocycles. The van der Waals surface area contributed by atoms with Crippen LogP contribution in [0.15, 0.2) is 4.99 Å². The summed E-state index contributed by atoms with van der Waals surface area (Å²) in [5.41, 5.74) is 6.61. The maximum absolute atomic E-state index is 6.13. The van der Waals surface area contributed by atoms with E-state index in [2.05, 4.69) is 23.7 Å². The molecule has 2 rings (SSSR count). The van der Waals surface area contributed by atoms with Gasteiger partial charge >= 0.3 is 0 Å². The van der Waals surface area contributed by atoms with Crippen LogP contribution in [0.5, 0.6) is 0 Å². The maximum atomic E-state index is 6.13. The highest BCUT2D eigenvalue weighted by atomic mass is 127. The lowest BCUT2D eigenvalue weighted by Crippen LogP contribution is -2.38. The van der Waals surface area contributed by atoms with Crippen molar-refractivity contribution in [2.24, 2.45) is 22.1 Å². The molecule has 4 heteroatoms. The molecule has 2 fully saturated rings. The van der Waals surface area contributed by atoms with Gasteiger partial charge in [0.2, 0.25) is 0 Å². The second-order valence-corrected chi connectivity index (χ2v) is 6.09. The average Bonchev–Trinajstić information content (AvgIpc) is 3.11. The van der Waals surface area contributed by atoms with Crippen LogP contribution in [-0.4, -0.2) is 30.5 Å². The van der Waals surface area contributed by atoms with Crippen LogP contribution in [0.4, 0.5) is 0 Å². The van der Waals surface area contributed by atoms with Crippen molar-refractivity contribution in [1.29, 1.82) is 0 Å². The van der Waals surface area contributed by atoms with E-state index in [0.29, 0.717) is 5.41 Å². The average molecular weight is 365 g/mol. The van der Waals surface area contributed by atoms with Gasteiger partial charge in [0, 0.05) is 19.6 Å². The summed E-state index contributed by atoms with van der Waals surface area (Å²) in [5.74, 6) is 1.53. The van der Waals surface area contributed by atoms with Crippen molar-refractivity contribution in [2.75, 3.05) is 19.6 Å². The van der Waals surface area contributed by atoms with Crippen molar-refractivity contribution >= 4 is 29.9 Å². The SMILES string of the molecule is CC(C)C1(CN=C(N)N2CCCCCC2)CC1.I. The van der Waals surface area contributed by atoms with E-state index in [-0.39, 0.29) is 24.0 Å². The molecule has 1 saturated carbocycles. The molecule has 1 aliphatic carbocycles. The predicted octanol–water partition coefficient (Wildman–Crippen LogP) is 3.23. The molecule has 0 aromatic heterocycles. The van der Waals surface area contributed by atoms with Crippen molar-refractivity contribution in [1.82, 2.24) is 4.90 Å². The number of rotatable bonds is 3. The summed E-state index contributed by atoms with van der Waals surface area (Å²) in [6, 6.07) is 0. The van der Waals surface area contributed by atoms with E-state index in [1.165, 1.54) is 38.5 Å². The fraction of sp³-hybridized carbons (Fsp3) is 0.929. The number of nitrogens with zero attached hydrogens (tertiary/aromatic N) is 2. The standard InChI is InChI=1S/C14H27N3.HI/c1-12(2)14(7-8-14)11-16-13(15)17-9-5-3-4-6-10-17;/h12H,3-11H2,1-2H3,(H2,15,16);1H. The Bertz CT molecular complexity index is 277. The van der Waals surface area contributed by atoms with Gasteiger partial charge in [-0.25, -0.2) is 0 Å². The molecular formula is C14H28IN3. The lowest BCUT2D eigenvalue weighted by Gasteiger charge is -2.23. The summed E-state index contributed by atoms with van der Waals surface area (Å²) in [7, 11) is 0. The molecule has 0 bridgehead atoms. The second-order valence-electron chi connectivity index (χ2n) is 6.09. The minimum Gasteiger partial charge on any atom is -0.370 e. The summed E-state index contributed by atoms with van der Waals surface area (Å²) >= 11 is 0. The zero-order chi connectivity index (χ0) is 12.3. The normalized spacial score (nSPS) is 23.5. The van der Waals surface area contributed by atoms with Crippen LogP contribution in [-0.2, 0) is 0 Å². The minimum atomic E-state index is 0. The second kappa shape index (κ2) is 6.96.